The first-order valence-corrected chi connectivity index (χ1v) is 7.12. The summed E-state index contributed by atoms with van der Waals surface area (Å²) in [5.41, 5.74) is 2.19. The first kappa shape index (κ1) is 13.3. The molecule has 0 aliphatic heterocycles. The first-order chi connectivity index (χ1) is 8.83. The van der Waals surface area contributed by atoms with Crippen LogP contribution in [0.3, 0.4) is 0 Å². The Kier molecular flexibility index (Phi) is 5.00. The fraction of sp³-hybridized carbons (Fsp3) is 0.667. The molecule has 0 saturated heterocycles. The average molecular weight is 249 g/mol. The van der Waals surface area contributed by atoms with Crippen molar-refractivity contribution in [3.8, 4) is 0 Å². The van der Waals surface area contributed by atoms with Crippen LogP contribution in [0, 0.1) is 0 Å². The van der Waals surface area contributed by atoms with Crippen molar-refractivity contribution in [2.45, 2.75) is 52.0 Å². The number of ether oxygens (including phenoxy) is 1. The number of ketones is 1. The van der Waals surface area contributed by atoms with Crippen molar-refractivity contribution in [2.24, 2.45) is 0 Å². The topological polar surface area (TPSA) is 31.2 Å². The molecule has 0 N–H and O–H groups in total. The lowest BCUT2D eigenvalue weighted by atomic mass is 9.97. The molecule has 0 unspecified atom stereocenters. The Morgan fingerprint density at radius 1 is 1.28 bits per heavy atom. The van der Waals surface area contributed by atoms with Crippen molar-refractivity contribution < 1.29 is 9.53 Å². The molecule has 0 saturated carbocycles. The summed E-state index contributed by atoms with van der Waals surface area (Å²) in [7, 11) is 0. The molecule has 0 radical (unpaired) electrons. The Morgan fingerprint density at radius 2 is 2.11 bits per heavy atom. The summed E-state index contributed by atoms with van der Waals surface area (Å²) in [5.74, 6) is 0.314. The summed E-state index contributed by atoms with van der Waals surface area (Å²) in [6.45, 7) is 4.83. The third-order valence-electron chi connectivity index (χ3n) is 3.53. The standard InChI is InChI=1S/C15H23NO2/c1-2-3-11-18-12-5-9-16-10-8-13-14(16)6-4-7-15(13)17/h8,10H,2-7,9,11-12H2,1H3. The largest absolute Gasteiger partial charge is 0.381 e. The van der Waals surface area contributed by atoms with E-state index in [2.05, 4.69) is 17.7 Å². The maximum absolute atomic E-state index is 11.7. The van der Waals surface area contributed by atoms with Crippen LogP contribution in [-0.2, 0) is 17.7 Å². The van der Waals surface area contributed by atoms with Crippen molar-refractivity contribution in [1.82, 2.24) is 4.57 Å². The van der Waals surface area contributed by atoms with E-state index in [1.54, 1.807) is 0 Å². The second kappa shape index (κ2) is 6.74. The van der Waals surface area contributed by atoms with Gasteiger partial charge >= 0.3 is 0 Å². The molecule has 1 aromatic heterocycles. The van der Waals surface area contributed by atoms with E-state index < -0.39 is 0 Å². The Labute approximate surface area is 109 Å². The highest BCUT2D eigenvalue weighted by molar-refractivity contribution is 5.98. The van der Waals surface area contributed by atoms with Gasteiger partial charge in [-0.3, -0.25) is 4.79 Å². The van der Waals surface area contributed by atoms with Crippen molar-refractivity contribution in [3.05, 3.63) is 23.5 Å². The molecule has 3 heteroatoms. The Balaban J connectivity index is 1.78. The number of nitrogens with zero attached hydrogens (tertiary/aromatic N) is 1. The van der Waals surface area contributed by atoms with Crippen LogP contribution >= 0.6 is 0 Å². The number of unbranched alkanes of at least 4 members (excludes halogenated alkanes) is 1. The fourth-order valence-electron chi connectivity index (χ4n) is 2.48. The minimum absolute atomic E-state index is 0.314. The molecule has 2 rings (SSSR count). The minimum Gasteiger partial charge on any atom is -0.381 e. The van der Waals surface area contributed by atoms with Gasteiger partial charge in [-0.2, -0.15) is 0 Å². The second-order valence-electron chi connectivity index (χ2n) is 4.97. The normalized spacial score (nSPS) is 14.8. The van der Waals surface area contributed by atoms with E-state index in [0.717, 1.165) is 57.4 Å². The predicted molar refractivity (Wildman–Crippen MR) is 72.0 cm³/mol. The number of rotatable bonds is 7. The van der Waals surface area contributed by atoms with E-state index >= 15 is 0 Å². The number of aromatic nitrogens is 1. The highest BCUT2D eigenvalue weighted by Crippen LogP contribution is 2.22. The van der Waals surface area contributed by atoms with Crippen LogP contribution < -0.4 is 0 Å². The maximum atomic E-state index is 11.7. The summed E-state index contributed by atoms with van der Waals surface area (Å²) in [4.78, 5) is 11.7. The quantitative estimate of drug-likeness (QED) is 0.695. The van der Waals surface area contributed by atoms with E-state index in [1.807, 2.05) is 6.07 Å². The zero-order valence-electron chi connectivity index (χ0n) is 11.3. The van der Waals surface area contributed by atoms with Gasteiger partial charge in [0.05, 0.1) is 0 Å². The van der Waals surface area contributed by atoms with Crippen LogP contribution in [0.2, 0.25) is 0 Å². The molecule has 100 valence electrons. The SMILES string of the molecule is CCCCOCCCn1ccc2c1CCCC2=O. The molecule has 0 amide bonds. The van der Waals surface area contributed by atoms with Gasteiger partial charge in [-0.1, -0.05) is 13.3 Å². The van der Waals surface area contributed by atoms with Gasteiger partial charge in [-0.15, -0.1) is 0 Å². The molecule has 0 spiro atoms. The highest BCUT2D eigenvalue weighted by atomic mass is 16.5. The number of fused-ring (bicyclic) bond motifs is 1. The number of aryl methyl sites for hydroxylation is 1. The fourth-order valence-corrected chi connectivity index (χ4v) is 2.48. The summed E-state index contributed by atoms with van der Waals surface area (Å²) in [5, 5.41) is 0. The van der Waals surface area contributed by atoms with Crippen molar-refractivity contribution in [2.75, 3.05) is 13.2 Å². The molecule has 1 aromatic rings. The van der Waals surface area contributed by atoms with Crippen LogP contribution in [0.25, 0.3) is 0 Å². The summed E-state index contributed by atoms with van der Waals surface area (Å²) >= 11 is 0. The molecule has 0 aromatic carbocycles. The van der Waals surface area contributed by atoms with Crippen LogP contribution in [0.4, 0.5) is 0 Å². The number of hydrogen-bond donors (Lipinski definition) is 0. The van der Waals surface area contributed by atoms with Crippen LogP contribution in [-0.4, -0.2) is 23.6 Å². The van der Waals surface area contributed by atoms with E-state index in [4.69, 9.17) is 4.74 Å². The van der Waals surface area contributed by atoms with Gasteiger partial charge in [0.15, 0.2) is 5.78 Å². The van der Waals surface area contributed by atoms with E-state index in [9.17, 15) is 4.79 Å². The zero-order valence-corrected chi connectivity index (χ0v) is 11.3. The molecular formula is C15H23NO2. The lowest BCUT2D eigenvalue weighted by molar-refractivity contribution is 0.0971. The third kappa shape index (κ3) is 3.22. The van der Waals surface area contributed by atoms with Gasteiger partial charge in [-0.25, -0.2) is 0 Å². The number of carbonyl (C=O) groups is 1. The van der Waals surface area contributed by atoms with Gasteiger partial charge in [0.25, 0.3) is 0 Å². The second-order valence-corrected chi connectivity index (χ2v) is 4.97. The lowest BCUT2D eigenvalue weighted by Crippen LogP contribution is -2.13. The molecular weight excluding hydrogens is 226 g/mol. The summed E-state index contributed by atoms with van der Waals surface area (Å²) in [6, 6.07) is 1.98. The molecule has 3 nitrogen and oxygen atoms in total. The zero-order chi connectivity index (χ0) is 12.8. The molecule has 0 atom stereocenters. The smallest absolute Gasteiger partial charge is 0.164 e. The van der Waals surface area contributed by atoms with E-state index in [1.165, 1.54) is 12.1 Å². The molecule has 1 aliphatic rings. The Hall–Kier alpha value is -1.09. The van der Waals surface area contributed by atoms with Crippen LogP contribution in [0.5, 0.6) is 0 Å². The van der Waals surface area contributed by atoms with Gasteiger partial charge in [0.1, 0.15) is 0 Å². The summed E-state index contributed by atoms with van der Waals surface area (Å²) < 4.78 is 7.79. The molecule has 0 bridgehead atoms. The maximum Gasteiger partial charge on any atom is 0.164 e. The van der Waals surface area contributed by atoms with Gasteiger partial charge in [0, 0.05) is 43.6 Å². The van der Waals surface area contributed by atoms with Crippen molar-refractivity contribution in [1.29, 1.82) is 0 Å². The molecule has 1 heterocycles. The minimum atomic E-state index is 0.314. The van der Waals surface area contributed by atoms with Crippen LogP contribution in [0.1, 0.15) is 55.1 Å². The van der Waals surface area contributed by atoms with Gasteiger partial charge < -0.3 is 9.30 Å². The van der Waals surface area contributed by atoms with Gasteiger partial charge in [0.2, 0.25) is 0 Å². The highest BCUT2D eigenvalue weighted by Gasteiger charge is 2.19. The average Bonchev–Trinajstić information content (AvgIpc) is 2.79. The molecule has 1 aliphatic carbocycles. The Morgan fingerprint density at radius 3 is 2.94 bits per heavy atom. The number of carbonyl (C=O) groups excluding carboxylic acids is 1. The number of hydrogen-bond acceptors (Lipinski definition) is 2. The first-order valence-electron chi connectivity index (χ1n) is 7.12. The van der Waals surface area contributed by atoms with Gasteiger partial charge in [-0.05, 0) is 31.7 Å². The van der Waals surface area contributed by atoms with Crippen molar-refractivity contribution >= 4 is 5.78 Å². The Bertz CT molecular complexity index is 395. The van der Waals surface area contributed by atoms with Crippen molar-refractivity contribution in [3.63, 3.8) is 0 Å². The molecule has 0 fully saturated rings. The predicted octanol–water partition coefficient (Wildman–Crippen LogP) is 3.21. The monoisotopic (exact) mass is 249 g/mol. The summed E-state index contributed by atoms with van der Waals surface area (Å²) in [6.07, 6.45) is 8.18. The van der Waals surface area contributed by atoms with Crippen LogP contribution in [0.15, 0.2) is 12.3 Å². The number of Topliss-reactive ketones (excluding diaryl/α,β-unsaturated/α-hetero) is 1. The van der Waals surface area contributed by atoms with E-state index in [-0.39, 0.29) is 0 Å². The van der Waals surface area contributed by atoms with E-state index in [0.29, 0.717) is 5.78 Å². The lowest BCUT2D eigenvalue weighted by Gasteiger charge is -2.14. The third-order valence-corrected chi connectivity index (χ3v) is 3.53. The molecule has 18 heavy (non-hydrogen) atoms.